The van der Waals surface area contributed by atoms with E-state index in [1.54, 1.807) is 21.1 Å². The van der Waals surface area contributed by atoms with Crippen LogP contribution in [0.25, 0.3) is 0 Å². The van der Waals surface area contributed by atoms with E-state index in [1.165, 1.54) is 148 Å². The molecule has 0 saturated heterocycles. The van der Waals surface area contributed by atoms with Crippen molar-refractivity contribution in [3.63, 3.8) is 0 Å². The Morgan fingerprint density at radius 2 is 0.836 bits per heavy atom. The van der Waals surface area contributed by atoms with Gasteiger partial charge in [0.1, 0.15) is 12.6 Å². The molecule has 2 atom stereocenters. The first-order chi connectivity index (χ1) is 32.6. The molecule has 0 heterocycles. The van der Waals surface area contributed by atoms with Crippen LogP contribution >= 0.6 is 0 Å². The van der Waals surface area contributed by atoms with E-state index < -0.39 is 18.1 Å². The first kappa shape index (κ1) is 64.0. The molecule has 2 unspecified atom stereocenters. The summed E-state index contributed by atoms with van der Waals surface area (Å²) in [5.41, 5.74) is 0. The van der Waals surface area contributed by atoms with Gasteiger partial charge in [-0.15, -0.1) is 0 Å². The summed E-state index contributed by atoms with van der Waals surface area (Å²) in [6, 6.07) is -0.729. The van der Waals surface area contributed by atoms with E-state index in [-0.39, 0.29) is 42.7 Å². The number of unbranched alkanes of at least 4 members (excludes halogenated alkanes) is 26. The Morgan fingerprint density at radius 3 is 1.25 bits per heavy atom. The lowest BCUT2D eigenvalue weighted by molar-refractivity contribution is -0.889. The monoisotopic (exact) mass is 940 g/mol. The van der Waals surface area contributed by atoms with Gasteiger partial charge in [0.15, 0.2) is 6.10 Å². The number of quaternary nitrogens is 1. The van der Waals surface area contributed by atoms with Gasteiger partial charge in [0.2, 0.25) is 0 Å². The van der Waals surface area contributed by atoms with Gasteiger partial charge in [-0.05, 0) is 77.0 Å². The van der Waals surface area contributed by atoms with Gasteiger partial charge in [-0.2, -0.15) is 0 Å². The number of carbonyl (C=O) groups excluding carboxylic acids is 3. The van der Waals surface area contributed by atoms with Gasteiger partial charge in [0, 0.05) is 19.3 Å². The molecule has 0 aromatic rings. The number of esters is 2. The topological polar surface area (TPSA) is 102 Å². The molecule has 0 aliphatic carbocycles. The van der Waals surface area contributed by atoms with Crippen molar-refractivity contribution in [2.24, 2.45) is 0 Å². The molecule has 0 aliphatic heterocycles. The third-order valence-corrected chi connectivity index (χ3v) is 12.4. The lowest BCUT2D eigenvalue weighted by Gasteiger charge is -2.34. The summed E-state index contributed by atoms with van der Waals surface area (Å²) in [6.45, 7) is 4.57. The summed E-state index contributed by atoms with van der Waals surface area (Å²) < 4.78 is 17.3. The standard InChI is InChI=1S/C59H105NO7/c1-6-8-10-12-14-16-18-20-22-24-26-28-29-30-32-33-35-37-39-41-43-45-47-49-57(61)66-54-55(53-65-52-51-56(59(63)64)60(3,4)5)67-58(62)50-48-46-44-42-40-38-36-34-31-27-25-23-21-19-17-15-13-11-9-7-2/h8,10,14,16,20,22,26-28,31,55-56H,6-7,9,11-13,15,17-19,21,23-25,29-30,32-54H2,1-5H3/b10-8+,16-14+,22-20+,28-26+,31-27+. The molecule has 0 N–H and O–H groups in total. The Balaban J connectivity index is 4.20. The van der Waals surface area contributed by atoms with Crippen molar-refractivity contribution in [2.45, 2.75) is 257 Å². The van der Waals surface area contributed by atoms with E-state index in [2.05, 4.69) is 74.6 Å². The van der Waals surface area contributed by atoms with Crippen LogP contribution < -0.4 is 5.11 Å². The predicted octanol–water partition coefficient (Wildman–Crippen LogP) is 15.1. The summed E-state index contributed by atoms with van der Waals surface area (Å²) in [5.74, 6) is -1.74. The van der Waals surface area contributed by atoms with Crippen molar-refractivity contribution >= 4 is 17.9 Å². The zero-order chi connectivity index (χ0) is 49.2. The fourth-order valence-corrected chi connectivity index (χ4v) is 8.12. The highest BCUT2D eigenvalue weighted by atomic mass is 16.6. The van der Waals surface area contributed by atoms with Crippen molar-refractivity contribution in [1.29, 1.82) is 0 Å². The number of allylic oxidation sites excluding steroid dienone is 10. The van der Waals surface area contributed by atoms with Crippen molar-refractivity contribution in [3.8, 4) is 0 Å². The van der Waals surface area contributed by atoms with Gasteiger partial charge < -0.3 is 28.6 Å². The van der Waals surface area contributed by atoms with Crippen LogP contribution in [0.5, 0.6) is 0 Å². The van der Waals surface area contributed by atoms with Crippen molar-refractivity contribution in [2.75, 3.05) is 41.0 Å². The maximum absolute atomic E-state index is 12.8. The van der Waals surface area contributed by atoms with Gasteiger partial charge in [0.05, 0.1) is 40.3 Å². The first-order valence-corrected chi connectivity index (χ1v) is 27.8. The van der Waals surface area contributed by atoms with Crippen LogP contribution in [0.15, 0.2) is 60.8 Å². The Morgan fingerprint density at radius 1 is 0.463 bits per heavy atom. The summed E-state index contributed by atoms with van der Waals surface area (Å²) in [7, 11) is 5.42. The van der Waals surface area contributed by atoms with Crippen molar-refractivity contribution in [1.82, 2.24) is 0 Å². The van der Waals surface area contributed by atoms with Crippen LogP contribution in [0.1, 0.15) is 245 Å². The molecule has 0 amide bonds. The minimum absolute atomic E-state index is 0.0374. The molecule has 0 radical (unpaired) electrons. The highest BCUT2D eigenvalue weighted by molar-refractivity contribution is 5.70. The summed E-state index contributed by atoms with van der Waals surface area (Å²) >= 11 is 0. The number of rotatable bonds is 50. The molecule has 0 aromatic carbocycles. The van der Waals surface area contributed by atoms with Crippen LogP contribution in [0.2, 0.25) is 0 Å². The zero-order valence-corrected chi connectivity index (χ0v) is 44.3. The number of likely N-dealkylation sites (N-methyl/N-ethyl adjacent to an activating group) is 1. The highest BCUT2D eigenvalue weighted by Crippen LogP contribution is 2.16. The van der Waals surface area contributed by atoms with E-state index in [0.717, 1.165) is 64.2 Å². The number of ether oxygens (including phenoxy) is 3. The second-order valence-electron chi connectivity index (χ2n) is 19.8. The molecule has 388 valence electrons. The summed E-state index contributed by atoms with van der Waals surface area (Å²) in [4.78, 5) is 37.1. The lowest BCUT2D eigenvalue weighted by Crippen LogP contribution is -2.55. The van der Waals surface area contributed by atoms with E-state index in [4.69, 9.17) is 14.2 Å². The number of carboxylic acid groups (broad SMARTS) is 1. The van der Waals surface area contributed by atoms with E-state index in [9.17, 15) is 19.5 Å². The molecule has 0 spiro atoms. The summed E-state index contributed by atoms with van der Waals surface area (Å²) in [6.07, 6.45) is 62.5. The quantitative estimate of drug-likeness (QED) is 0.0259. The fourth-order valence-electron chi connectivity index (χ4n) is 8.12. The number of carboxylic acids is 1. The molecule has 0 aliphatic rings. The zero-order valence-electron chi connectivity index (χ0n) is 44.3. The fraction of sp³-hybridized carbons (Fsp3) is 0.780. The molecule has 0 fully saturated rings. The van der Waals surface area contributed by atoms with E-state index in [0.29, 0.717) is 12.8 Å². The van der Waals surface area contributed by atoms with Crippen LogP contribution in [0, 0.1) is 0 Å². The predicted molar refractivity (Wildman–Crippen MR) is 282 cm³/mol. The highest BCUT2D eigenvalue weighted by Gasteiger charge is 2.25. The number of nitrogens with zero attached hydrogens (tertiary/aromatic N) is 1. The van der Waals surface area contributed by atoms with Crippen LogP contribution in [0.3, 0.4) is 0 Å². The van der Waals surface area contributed by atoms with E-state index in [1.807, 2.05) is 0 Å². The molecular formula is C59H105NO7. The molecule has 8 heteroatoms. The third kappa shape index (κ3) is 47.9. The minimum Gasteiger partial charge on any atom is -0.544 e. The number of hydrogen-bond donors (Lipinski definition) is 0. The Hall–Kier alpha value is -2.97. The largest absolute Gasteiger partial charge is 0.544 e. The Labute approximate surface area is 413 Å². The van der Waals surface area contributed by atoms with Crippen LogP contribution in [0.4, 0.5) is 0 Å². The maximum Gasteiger partial charge on any atom is 0.306 e. The Bertz CT molecular complexity index is 1280. The first-order valence-electron chi connectivity index (χ1n) is 27.8. The molecule has 0 bridgehead atoms. The molecule has 0 aromatic heterocycles. The second-order valence-corrected chi connectivity index (χ2v) is 19.8. The molecule has 67 heavy (non-hydrogen) atoms. The normalized spacial score (nSPS) is 13.3. The lowest BCUT2D eigenvalue weighted by atomic mass is 10.1. The molecule has 8 nitrogen and oxygen atoms in total. The second kappa shape index (κ2) is 49.5. The minimum atomic E-state index is -1.13. The average molecular weight is 940 g/mol. The van der Waals surface area contributed by atoms with Crippen LogP contribution in [-0.2, 0) is 28.6 Å². The summed E-state index contributed by atoms with van der Waals surface area (Å²) in [5, 5.41) is 11.7. The van der Waals surface area contributed by atoms with Gasteiger partial charge in [-0.1, -0.05) is 209 Å². The van der Waals surface area contributed by atoms with Crippen molar-refractivity contribution < 1.29 is 38.2 Å². The smallest absolute Gasteiger partial charge is 0.306 e. The van der Waals surface area contributed by atoms with Gasteiger partial charge in [-0.25, -0.2) is 0 Å². The van der Waals surface area contributed by atoms with Gasteiger partial charge in [0.25, 0.3) is 0 Å². The van der Waals surface area contributed by atoms with Crippen molar-refractivity contribution in [3.05, 3.63) is 60.8 Å². The maximum atomic E-state index is 12.8. The number of aliphatic carboxylic acids is 1. The molecular weight excluding hydrogens is 835 g/mol. The van der Waals surface area contributed by atoms with Gasteiger partial charge in [-0.3, -0.25) is 9.59 Å². The number of hydrogen-bond acceptors (Lipinski definition) is 7. The van der Waals surface area contributed by atoms with Gasteiger partial charge >= 0.3 is 11.9 Å². The Kier molecular flexibility index (Phi) is 47.3. The number of carbonyl (C=O) groups is 3. The average Bonchev–Trinajstić information content (AvgIpc) is 3.29. The van der Waals surface area contributed by atoms with E-state index >= 15 is 0 Å². The third-order valence-electron chi connectivity index (χ3n) is 12.4. The molecule has 0 rings (SSSR count). The molecule has 0 saturated carbocycles. The SMILES string of the molecule is CC/C=C/C/C=C/C/C=C/C/C=C/CCCCCCCCCCCCC(=O)OCC(COCCC(C(=O)[O-])[N+](C)(C)C)OC(=O)CCCCCCCCC/C=C/CCCCCCCCCCC. The van der Waals surface area contributed by atoms with Crippen LogP contribution in [-0.4, -0.2) is 75.5 Å².